The van der Waals surface area contributed by atoms with E-state index in [1.54, 1.807) is 39.0 Å². The Labute approximate surface area is 297 Å². The van der Waals surface area contributed by atoms with Crippen LogP contribution < -0.4 is 15.4 Å². The van der Waals surface area contributed by atoms with Crippen molar-refractivity contribution in [1.29, 1.82) is 0 Å². The summed E-state index contributed by atoms with van der Waals surface area (Å²) in [5, 5.41) is 4.98. The van der Waals surface area contributed by atoms with E-state index in [0.717, 1.165) is 12.8 Å². The van der Waals surface area contributed by atoms with Crippen LogP contribution in [0.15, 0.2) is 36.4 Å². The fourth-order valence-electron chi connectivity index (χ4n) is 7.09. The van der Waals surface area contributed by atoms with E-state index in [1.807, 2.05) is 18.2 Å². The Hall–Kier alpha value is -4.47. The van der Waals surface area contributed by atoms with E-state index in [9.17, 15) is 32.4 Å². The molecule has 4 aliphatic rings. The Morgan fingerprint density at radius 1 is 1.02 bits per heavy atom. The summed E-state index contributed by atoms with van der Waals surface area (Å²) in [5.74, 6) is -2.77. The molecule has 5 atom stereocenters. The summed E-state index contributed by atoms with van der Waals surface area (Å²) in [6, 6.07) is 4.33. The number of rotatable bonds is 6. The first-order valence-corrected chi connectivity index (χ1v) is 19.2. The summed E-state index contributed by atoms with van der Waals surface area (Å²) in [7, 11) is -2.45. The molecule has 6 rings (SSSR count). The zero-order valence-corrected chi connectivity index (χ0v) is 30.3. The number of imidazole rings is 1. The fourth-order valence-corrected chi connectivity index (χ4v) is 8.45. The molecule has 3 fully saturated rings. The number of amides is 5. The van der Waals surface area contributed by atoms with Gasteiger partial charge < -0.3 is 30.2 Å². The second-order valence-electron chi connectivity index (χ2n) is 15.1. The number of H-pyrrole nitrogens is 1. The number of likely N-dealkylation sites (N-methyl/N-ethyl adjacent to an activating group) is 1. The molecule has 2 aliphatic carbocycles. The highest BCUT2D eigenvalue weighted by Gasteiger charge is 2.65. The maximum atomic E-state index is 14.5. The number of carbonyl (C=O) groups is 5. The van der Waals surface area contributed by atoms with Crippen LogP contribution in [0.2, 0.25) is 0 Å². The lowest BCUT2D eigenvalue weighted by Crippen LogP contribution is -2.58. The van der Waals surface area contributed by atoms with E-state index in [-0.39, 0.29) is 25.2 Å². The number of aromatic amines is 1. The second kappa shape index (κ2) is 13.9. The highest BCUT2D eigenvalue weighted by atomic mass is 32.2. The van der Waals surface area contributed by atoms with Crippen LogP contribution in [0.4, 0.5) is 4.79 Å². The minimum atomic E-state index is -3.91. The smallest absolute Gasteiger partial charge is 0.408 e. The average molecular weight is 726 g/mol. The first-order chi connectivity index (χ1) is 24.1. The van der Waals surface area contributed by atoms with E-state index in [2.05, 4.69) is 25.3 Å². The number of para-hydroxylation sites is 2. The number of fused-ring (bicyclic) bond motifs is 3. The van der Waals surface area contributed by atoms with Gasteiger partial charge in [0, 0.05) is 25.6 Å². The lowest BCUT2D eigenvalue weighted by Gasteiger charge is -2.34. The molecule has 51 heavy (non-hydrogen) atoms. The van der Waals surface area contributed by atoms with E-state index in [4.69, 9.17) is 4.74 Å². The number of nitrogens with one attached hydrogen (secondary N) is 4. The monoisotopic (exact) mass is 725 g/mol. The summed E-state index contributed by atoms with van der Waals surface area (Å²) in [6.07, 6.45) is 7.31. The Morgan fingerprint density at radius 2 is 1.76 bits per heavy atom. The summed E-state index contributed by atoms with van der Waals surface area (Å²) < 4.78 is 33.4. The van der Waals surface area contributed by atoms with Crippen molar-refractivity contribution < 1.29 is 37.1 Å². The molecule has 15 nitrogen and oxygen atoms in total. The van der Waals surface area contributed by atoms with Crippen LogP contribution in [0.5, 0.6) is 0 Å². The number of nitrogens with zero attached hydrogens (tertiary/aromatic N) is 3. The van der Waals surface area contributed by atoms with Crippen molar-refractivity contribution in [1.82, 2.24) is 35.1 Å². The van der Waals surface area contributed by atoms with Gasteiger partial charge in [-0.1, -0.05) is 37.1 Å². The molecule has 0 radical (unpaired) electrons. The first kappa shape index (κ1) is 36.3. The fraction of sp³-hybridized carbons (Fsp3) is 0.600. The van der Waals surface area contributed by atoms with Crippen molar-refractivity contribution >= 4 is 50.8 Å². The summed E-state index contributed by atoms with van der Waals surface area (Å²) >= 11 is 0. The Bertz CT molecular complexity index is 1820. The third-order valence-corrected chi connectivity index (χ3v) is 11.9. The van der Waals surface area contributed by atoms with Crippen LogP contribution in [0.25, 0.3) is 11.0 Å². The summed E-state index contributed by atoms with van der Waals surface area (Å²) in [5.41, 5.74) is -1.02. The van der Waals surface area contributed by atoms with Crippen molar-refractivity contribution in [2.75, 3.05) is 13.6 Å². The minimum absolute atomic E-state index is 0.0125. The number of alkyl carbamates (subject to hydrolysis) is 1. The molecular formula is C35H47N7O8S. The second-order valence-corrected chi connectivity index (χ2v) is 17.0. The normalized spacial score (nSPS) is 28.2. The van der Waals surface area contributed by atoms with E-state index >= 15 is 0 Å². The Morgan fingerprint density at radius 3 is 2.47 bits per heavy atom. The minimum Gasteiger partial charge on any atom is -0.444 e. The van der Waals surface area contributed by atoms with Gasteiger partial charge in [-0.05, 0) is 77.8 Å². The predicted octanol–water partition coefficient (Wildman–Crippen LogP) is 2.50. The first-order valence-electron chi connectivity index (χ1n) is 17.6. The van der Waals surface area contributed by atoms with Crippen LogP contribution in [-0.4, -0.2) is 106 Å². The molecule has 1 aromatic heterocycles. The van der Waals surface area contributed by atoms with Crippen LogP contribution in [0.3, 0.4) is 0 Å². The standard InChI is InChI=1S/C35H47N7O8S/c1-34(2,3)50-33(47)39-26-15-9-7-5-6-8-12-21-19-35(21,32(46)40-51(48,49)23-16-17-23)41(4)31(45)27-18-22(20-42(27)30(26)44)36-29(43)28-37-24-13-10-11-14-25(24)38-28/h8,10-14,21-23,26-27H,5-7,9,15-20H2,1-4H3,(H,36,43)(H,37,38)(H,39,47)(H,40,46)/b12-8-/t21-,22+,26-,27-,35+/m0/s1. The van der Waals surface area contributed by atoms with Crippen molar-refractivity contribution in [3.63, 3.8) is 0 Å². The SMILES string of the molecule is CN1C(=O)[C@@H]2C[C@@H](NC(=O)c3nc4ccccc4[nH]3)CN2C(=O)[C@@H](NC(=O)OC(C)(C)C)CCCCC/C=C\[C@H]2C[C@]21C(=O)NS(=O)(=O)C1CC1. The van der Waals surface area contributed by atoms with Gasteiger partial charge in [0.15, 0.2) is 5.82 Å². The van der Waals surface area contributed by atoms with E-state index < -0.39 is 80.2 Å². The molecule has 1 saturated heterocycles. The predicted molar refractivity (Wildman–Crippen MR) is 187 cm³/mol. The molecule has 2 aliphatic heterocycles. The maximum absolute atomic E-state index is 14.5. The lowest BCUT2D eigenvalue weighted by atomic mass is 10.0. The Kier molecular flexibility index (Phi) is 9.92. The van der Waals surface area contributed by atoms with Crippen LogP contribution >= 0.6 is 0 Å². The van der Waals surface area contributed by atoms with Gasteiger partial charge in [-0.15, -0.1) is 0 Å². The number of aromatic nitrogens is 2. The third kappa shape index (κ3) is 7.90. The van der Waals surface area contributed by atoms with Gasteiger partial charge in [0.1, 0.15) is 23.2 Å². The maximum Gasteiger partial charge on any atom is 0.408 e. The molecule has 3 heterocycles. The zero-order chi connectivity index (χ0) is 36.7. The van der Waals surface area contributed by atoms with Crippen molar-refractivity contribution in [3.8, 4) is 0 Å². The molecule has 1 aromatic carbocycles. The van der Waals surface area contributed by atoms with Gasteiger partial charge in [0.05, 0.1) is 16.3 Å². The van der Waals surface area contributed by atoms with Crippen molar-refractivity contribution in [2.45, 2.75) is 113 Å². The average Bonchev–Trinajstić information content (AvgIpc) is 3.96. The van der Waals surface area contributed by atoms with E-state index in [1.165, 1.54) is 16.8 Å². The number of hydrogen-bond donors (Lipinski definition) is 4. The molecule has 2 saturated carbocycles. The number of ether oxygens (including phenoxy) is 1. The summed E-state index contributed by atoms with van der Waals surface area (Å²) in [6.45, 7) is 5.09. The molecule has 16 heteroatoms. The van der Waals surface area contributed by atoms with Crippen LogP contribution in [0.1, 0.15) is 89.2 Å². The highest BCUT2D eigenvalue weighted by Crippen LogP contribution is 2.50. The van der Waals surface area contributed by atoms with Crippen LogP contribution in [0, 0.1) is 5.92 Å². The lowest BCUT2D eigenvalue weighted by molar-refractivity contribution is -0.148. The number of benzene rings is 1. The van der Waals surface area contributed by atoms with E-state index in [0.29, 0.717) is 43.1 Å². The molecule has 0 spiro atoms. The van der Waals surface area contributed by atoms with Gasteiger partial charge in [-0.2, -0.15) is 0 Å². The number of sulfonamides is 1. The zero-order valence-electron chi connectivity index (χ0n) is 29.4. The number of carbonyl (C=O) groups excluding carboxylic acids is 5. The van der Waals surface area contributed by atoms with Crippen molar-refractivity contribution in [2.24, 2.45) is 5.92 Å². The molecule has 276 valence electrons. The van der Waals surface area contributed by atoms with Crippen molar-refractivity contribution in [3.05, 3.63) is 42.2 Å². The molecule has 5 amide bonds. The van der Waals surface area contributed by atoms with Gasteiger partial charge >= 0.3 is 6.09 Å². The third-order valence-electron chi connectivity index (χ3n) is 10.0. The quantitative estimate of drug-likeness (QED) is 0.323. The Balaban J connectivity index is 1.30. The number of hydrogen-bond acceptors (Lipinski definition) is 9. The highest BCUT2D eigenvalue weighted by molar-refractivity contribution is 7.91. The van der Waals surface area contributed by atoms with Gasteiger partial charge in [-0.25, -0.2) is 18.2 Å². The van der Waals surface area contributed by atoms with Gasteiger partial charge in [0.2, 0.25) is 21.8 Å². The molecule has 0 unspecified atom stereocenters. The molecule has 2 aromatic rings. The van der Waals surface area contributed by atoms with Gasteiger partial charge in [0.25, 0.3) is 11.8 Å². The number of allylic oxidation sites excluding steroid dienone is 1. The van der Waals surface area contributed by atoms with Crippen LogP contribution in [-0.2, 0) is 29.1 Å². The topological polar surface area (TPSA) is 200 Å². The summed E-state index contributed by atoms with van der Waals surface area (Å²) in [4.78, 5) is 79.0. The largest absolute Gasteiger partial charge is 0.444 e. The van der Waals surface area contributed by atoms with Gasteiger partial charge in [-0.3, -0.25) is 23.9 Å². The molecular weight excluding hydrogens is 678 g/mol. The molecule has 0 bridgehead atoms. The molecule has 4 N–H and O–H groups in total.